The van der Waals surface area contributed by atoms with Crippen LogP contribution in [0.5, 0.6) is 0 Å². The highest BCUT2D eigenvalue weighted by Crippen LogP contribution is 2.33. The van der Waals surface area contributed by atoms with Crippen molar-refractivity contribution in [2.75, 3.05) is 23.0 Å². The van der Waals surface area contributed by atoms with Crippen LogP contribution in [0.25, 0.3) is 0 Å². The number of hydrogen-bond acceptors (Lipinski definition) is 6. The van der Waals surface area contributed by atoms with E-state index in [0.717, 1.165) is 0 Å². The molecule has 0 aliphatic carbocycles. The maximum absolute atomic E-state index is 11.4. The van der Waals surface area contributed by atoms with Gasteiger partial charge in [-0.15, -0.1) is 0 Å². The van der Waals surface area contributed by atoms with Gasteiger partial charge in [-0.3, -0.25) is 10.1 Å². The maximum Gasteiger partial charge on any atom is 0.220 e. The summed E-state index contributed by atoms with van der Waals surface area (Å²) in [5.74, 6) is -1.50. The molecule has 0 spiro atoms. The number of sulfone groups is 2. The Bertz CT molecular complexity index is 508. The Hall–Kier alpha value is -0.700. The Balaban J connectivity index is 2.18. The Morgan fingerprint density at radius 3 is 1.56 bits per heavy atom. The van der Waals surface area contributed by atoms with Crippen LogP contribution in [0.4, 0.5) is 0 Å². The fourth-order valence-corrected chi connectivity index (χ4v) is 6.60. The summed E-state index contributed by atoms with van der Waals surface area (Å²) in [4.78, 5) is 10.6. The summed E-state index contributed by atoms with van der Waals surface area (Å²) in [5.41, 5.74) is 0. The molecule has 2 fully saturated rings. The Morgan fingerprint density at radius 2 is 1.33 bits per heavy atom. The normalized spacial score (nSPS) is 35.3. The molecule has 0 saturated carbocycles. The van der Waals surface area contributed by atoms with Crippen molar-refractivity contribution in [3.05, 3.63) is 10.1 Å². The smallest absolute Gasteiger partial charge is 0.220 e. The third kappa shape index (κ3) is 2.82. The van der Waals surface area contributed by atoms with Gasteiger partial charge in [-0.1, -0.05) is 0 Å². The lowest BCUT2D eigenvalue weighted by Gasteiger charge is -2.19. The van der Waals surface area contributed by atoms with Gasteiger partial charge in [0.05, 0.1) is 23.0 Å². The fourth-order valence-electron chi connectivity index (χ4n) is 2.92. The summed E-state index contributed by atoms with van der Waals surface area (Å²) in [6.45, 7) is 0. The molecule has 1 unspecified atom stereocenters. The van der Waals surface area contributed by atoms with Gasteiger partial charge < -0.3 is 0 Å². The first-order valence-corrected chi connectivity index (χ1v) is 9.39. The molecule has 2 rings (SSSR count). The van der Waals surface area contributed by atoms with E-state index in [4.69, 9.17) is 0 Å². The molecular formula is C9H15NO6S2. The first-order chi connectivity index (χ1) is 8.20. The molecule has 0 aromatic rings. The van der Waals surface area contributed by atoms with Crippen LogP contribution in [0.2, 0.25) is 0 Å². The fraction of sp³-hybridized carbons (Fsp3) is 1.00. The quantitative estimate of drug-likeness (QED) is 0.513. The zero-order valence-electron chi connectivity index (χ0n) is 9.69. The summed E-state index contributed by atoms with van der Waals surface area (Å²) in [5, 5.41) is 11.1. The molecule has 7 nitrogen and oxygen atoms in total. The van der Waals surface area contributed by atoms with Gasteiger partial charge in [0.15, 0.2) is 19.7 Å². The van der Waals surface area contributed by atoms with Gasteiger partial charge in [0.25, 0.3) is 0 Å². The van der Waals surface area contributed by atoms with Crippen LogP contribution in [0.3, 0.4) is 0 Å². The first-order valence-electron chi connectivity index (χ1n) is 5.74. The van der Waals surface area contributed by atoms with Gasteiger partial charge in [-0.25, -0.2) is 16.8 Å². The molecule has 0 amide bonds. The van der Waals surface area contributed by atoms with E-state index in [1.807, 2.05) is 0 Å². The zero-order chi connectivity index (χ0) is 13.6. The molecule has 0 N–H and O–H groups in total. The lowest BCUT2D eigenvalue weighted by atomic mass is 9.88. The molecule has 2 aliphatic heterocycles. The predicted octanol–water partition coefficient (Wildman–Crippen LogP) is -0.499. The van der Waals surface area contributed by atoms with Crippen LogP contribution in [-0.4, -0.2) is 50.8 Å². The molecule has 0 radical (unpaired) electrons. The lowest BCUT2D eigenvalue weighted by molar-refractivity contribution is -0.539. The number of hydrogen-bond donors (Lipinski definition) is 0. The number of nitrogens with zero attached hydrogens (tertiary/aromatic N) is 1. The monoisotopic (exact) mass is 297 g/mol. The molecule has 104 valence electrons. The predicted molar refractivity (Wildman–Crippen MR) is 64.3 cm³/mol. The minimum Gasteiger partial charge on any atom is -0.264 e. The van der Waals surface area contributed by atoms with Crippen LogP contribution in [0.1, 0.15) is 12.8 Å². The van der Waals surface area contributed by atoms with Crippen LogP contribution >= 0.6 is 0 Å². The lowest BCUT2D eigenvalue weighted by Crippen LogP contribution is -2.38. The second-order valence-electron chi connectivity index (χ2n) is 5.10. The molecule has 2 heterocycles. The summed E-state index contributed by atoms with van der Waals surface area (Å²) in [6, 6.07) is -1.04. The SMILES string of the molecule is O=[N+]([O-])C([C@@H]1CCS(=O)(=O)C1)[C@H]1CCS(=O)(=O)C1. The Labute approximate surface area is 106 Å². The number of nitro groups is 1. The van der Waals surface area contributed by atoms with E-state index in [9.17, 15) is 26.9 Å². The highest BCUT2D eigenvalue weighted by molar-refractivity contribution is 7.91. The average Bonchev–Trinajstić information content (AvgIpc) is 2.70. The van der Waals surface area contributed by atoms with Gasteiger partial charge >= 0.3 is 0 Å². The zero-order valence-corrected chi connectivity index (χ0v) is 11.3. The van der Waals surface area contributed by atoms with Crippen LogP contribution < -0.4 is 0 Å². The Kier molecular flexibility index (Phi) is 3.39. The van der Waals surface area contributed by atoms with Crippen LogP contribution in [0, 0.1) is 22.0 Å². The second kappa shape index (κ2) is 4.44. The van der Waals surface area contributed by atoms with Gasteiger partial charge in [0.2, 0.25) is 6.04 Å². The van der Waals surface area contributed by atoms with Crippen molar-refractivity contribution >= 4 is 19.7 Å². The molecule has 9 heteroatoms. The minimum atomic E-state index is -3.19. The van der Waals surface area contributed by atoms with Crippen molar-refractivity contribution in [3.63, 3.8) is 0 Å². The van der Waals surface area contributed by atoms with Gasteiger partial charge in [-0.05, 0) is 12.8 Å². The van der Waals surface area contributed by atoms with E-state index in [0.29, 0.717) is 0 Å². The maximum atomic E-state index is 11.4. The van der Waals surface area contributed by atoms with E-state index in [-0.39, 0.29) is 35.9 Å². The minimum absolute atomic E-state index is 0.0263. The molecule has 3 atom stereocenters. The largest absolute Gasteiger partial charge is 0.264 e. The van der Waals surface area contributed by atoms with E-state index >= 15 is 0 Å². The highest BCUT2D eigenvalue weighted by atomic mass is 32.2. The van der Waals surface area contributed by atoms with Gasteiger partial charge in [-0.2, -0.15) is 0 Å². The van der Waals surface area contributed by atoms with Gasteiger partial charge in [0.1, 0.15) is 0 Å². The molecule has 18 heavy (non-hydrogen) atoms. The standard InChI is InChI=1S/C9H15NO6S2/c11-10(12)9(7-1-3-17(13,14)5-7)8-2-4-18(15,16)6-8/h7-9H,1-6H2/t7-,8+,9?. The van der Waals surface area contributed by atoms with E-state index in [2.05, 4.69) is 0 Å². The summed E-state index contributed by atoms with van der Waals surface area (Å²) < 4.78 is 45.5. The third-order valence-electron chi connectivity index (χ3n) is 3.74. The van der Waals surface area contributed by atoms with E-state index in [1.54, 1.807) is 0 Å². The van der Waals surface area contributed by atoms with E-state index < -0.39 is 42.5 Å². The highest BCUT2D eigenvalue weighted by Gasteiger charge is 2.48. The molecule has 0 aromatic carbocycles. The first kappa shape index (κ1) is 13.7. The molecule has 0 bridgehead atoms. The second-order valence-corrected chi connectivity index (χ2v) is 9.56. The van der Waals surface area contributed by atoms with Gasteiger partial charge in [0, 0.05) is 16.8 Å². The van der Waals surface area contributed by atoms with Crippen molar-refractivity contribution in [1.82, 2.24) is 0 Å². The van der Waals surface area contributed by atoms with Crippen molar-refractivity contribution in [2.24, 2.45) is 11.8 Å². The Morgan fingerprint density at radius 1 is 0.944 bits per heavy atom. The van der Waals surface area contributed by atoms with Crippen molar-refractivity contribution in [2.45, 2.75) is 18.9 Å². The van der Waals surface area contributed by atoms with Crippen molar-refractivity contribution in [3.8, 4) is 0 Å². The molecular weight excluding hydrogens is 282 g/mol. The number of rotatable bonds is 3. The third-order valence-corrected chi connectivity index (χ3v) is 7.33. The van der Waals surface area contributed by atoms with Crippen LogP contribution in [0.15, 0.2) is 0 Å². The van der Waals surface area contributed by atoms with Crippen molar-refractivity contribution < 1.29 is 21.8 Å². The summed E-state index contributed by atoms with van der Waals surface area (Å²) >= 11 is 0. The molecule has 2 saturated heterocycles. The van der Waals surface area contributed by atoms with Crippen LogP contribution in [-0.2, 0) is 19.7 Å². The average molecular weight is 297 g/mol. The van der Waals surface area contributed by atoms with E-state index in [1.165, 1.54) is 0 Å². The molecule has 2 aliphatic rings. The summed E-state index contributed by atoms with van der Waals surface area (Å²) in [7, 11) is -6.37. The molecule has 0 aromatic heterocycles. The van der Waals surface area contributed by atoms with Crippen molar-refractivity contribution in [1.29, 1.82) is 0 Å². The topological polar surface area (TPSA) is 111 Å². The summed E-state index contributed by atoms with van der Waals surface area (Å²) in [6.07, 6.45) is 0.537.